The Kier molecular flexibility index (Phi) is 13.6. The Labute approximate surface area is 138 Å². The van der Waals surface area contributed by atoms with E-state index in [0.717, 1.165) is 25.7 Å². The number of carbonyl (C=O) groups is 2. The fourth-order valence-electron chi connectivity index (χ4n) is 2.08. The van der Waals surface area contributed by atoms with E-state index in [4.69, 9.17) is 21.9 Å². The summed E-state index contributed by atoms with van der Waals surface area (Å²) in [6.45, 7) is 1.97. The van der Waals surface area contributed by atoms with Crippen molar-refractivity contribution >= 4 is 11.8 Å². The summed E-state index contributed by atoms with van der Waals surface area (Å²) in [5, 5.41) is 5.48. The fraction of sp³-hybridized carbons (Fsp3) is 0.867. The van der Waals surface area contributed by atoms with Crippen molar-refractivity contribution in [2.45, 2.75) is 50.6 Å². The molecule has 0 unspecified atom stereocenters. The molecule has 0 heterocycles. The van der Waals surface area contributed by atoms with Crippen molar-refractivity contribution in [2.24, 2.45) is 17.2 Å². The molecule has 8 N–H and O–H groups in total. The van der Waals surface area contributed by atoms with Crippen molar-refractivity contribution in [3.05, 3.63) is 0 Å². The number of nitrogens with two attached hydrogens (primary N) is 3. The molecule has 0 aliphatic heterocycles. The molecule has 136 valence electrons. The van der Waals surface area contributed by atoms with Crippen LogP contribution in [-0.4, -0.2) is 57.2 Å². The van der Waals surface area contributed by atoms with Crippen molar-refractivity contribution < 1.29 is 14.3 Å². The maximum absolute atomic E-state index is 12.2. The van der Waals surface area contributed by atoms with E-state index >= 15 is 0 Å². The lowest BCUT2D eigenvalue weighted by atomic mass is 10.1. The lowest BCUT2D eigenvalue weighted by Crippen LogP contribution is -2.52. The second-order valence-corrected chi connectivity index (χ2v) is 5.52. The summed E-state index contributed by atoms with van der Waals surface area (Å²) in [5.74, 6) is -0.525. The van der Waals surface area contributed by atoms with Crippen LogP contribution in [-0.2, 0) is 14.3 Å². The topological polar surface area (TPSA) is 145 Å². The predicted octanol–water partition coefficient (Wildman–Crippen LogP) is -1.18. The van der Waals surface area contributed by atoms with E-state index in [1.165, 1.54) is 0 Å². The molecular formula is C15H33N5O3. The van der Waals surface area contributed by atoms with Crippen LogP contribution in [0.4, 0.5) is 0 Å². The van der Waals surface area contributed by atoms with Crippen molar-refractivity contribution in [1.82, 2.24) is 10.6 Å². The number of methoxy groups -OCH3 is 1. The molecule has 2 amide bonds. The lowest BCUT2D eigenvalue weighted by molar-refractivity contribution is -0.130. The number of hydrogen-bond acceptors (Lipinski definition) is 6. The van der Waals surface area contributed by atoms with E-state index in [-0.39, 0.29) is 11.8 Å². The first kappa shape index (κ1) is 21.8. The number of unbranched alkanes of at least 4 members (excludes halogenated alkanes) is 2. The molecular weight excluding hydrogens is 298 g/mol. The molecule has 0 radical (unpaired) electrons. The Morgan fingerprint density at radius 3 is 2.17 bits per heavy atom. The summed E-state index contributed by atoms with van der Waals surface area (Å²) >= 11 is 0. The minimum absolute atomic E-state index is 0.221. The first-order valence-corrected chi connectivity index (χ1v) is 8.29. The number of amides is 2. The Morgan fingerprint density at radius 1 is 1.00 bits per heavy atom. The lowest BCUT2D eigenvalue weighted by Gasteiger charge is -2.20. The van der Waals surface area contributed by atoms with E-state index in [0.29, 0.717) is 39.1 Å². The maximum atomic E-state index is 12.2. The third kappa shape index (κ3) is 11.0. The van der Waals surface area contributed by atoms with E-state index in [9.17, 15) is 9.59 Å². The monoisotopic (exact) mass is 331 g/mol. The number of hydrogen-bond donors (Lipinski definition) is 5. The van der Waals surface area contributed by atoms with Crippen molar-refractivity contribution in [1.29, 1.82) is 0 Å². The maximum Gasteiger partial charge on any atom is 0.242 e. The van der Waals surface area contributed by atoms with Crippen LogP contribution in [0.2, 0.25) is 0 Å². The average molecular weight is 331 g/mol. The highest BCUT2D eigenvalue weighted by atomic mass is 16.5. The van der Waals surface area contributed by atoms with Gasteiger partial charge in [0.1, 0.15) is 6.04 Å². The molecule has 0 aromatic carbocycles. The molecule has 8 nitrogen and oxygen atoms in total. The predicted molar refractivity (Wildman–Crippen MR) is 90.6 cm³/mol. The normalized spacial score (nSPS) is 13.4. The largest absolute Gasteiger partial charge is 0.383 e. The highest BCUT2D eigenvalue weighted by Crippen LogP contribution is 2.03. The van der Waals surface area contributed by atoms with E-state index < -0.39 is 12.1 Å². The number of carbonyl (C=O) groups excluding carboxylic acids is 2. The third-order valence-corrected chi connectivity index (χ3v) is 3.49. The van der Waals surface area contributed by atoms with Gasteiger partial charge in [0.15, 0.2) is 0 Å². The van der Waals surface area contributed by atoms with Crippen LogP contribution < -0.4 is 27.8 Å². The summed E-state index contributed by atoms with van der Waals surface area (Å²) in [6.07, 6.45) is 4.30. The first-order chi connectivity index (χ1) is 11.1. The van der Waals surface area contributed by atoms with E-state index in [1.54, 1.807) is 7.11 Å². The van der Waals surface area contributed by atoms with Crippen LogP contribution in [0, 0.1) is 0 Å². The zero-order chi connectivity index (χ0) is 17.5. The molecule has 0 spiro atoms. The van der Waals surface area contributed by atoms with Crippen molar-refractivity contribution in [2.75, 3.05) is 33.4 Å². The molecule has 0 bridgehead atoms. The van der Waals surface area contributed by atoms with Gasteiger partial charge in [-0.3, -0.25) is 9.59 Å². The Morgan fingerprint density at radius 2 is 1.61 bits per heavy atom. The molecule has 0 fully saturated rings. The summed E-state index contributed by atoms with van der Waals surface area (Å²) in [7, 11) is 1.56. The number of nitrogens with one attached hydrogen (secondary N) is 2. The molecule has 0 aromatic rings. The molecule has 0 aliphatic rings. The van der Waals surface area contributed by atoms with Crippen LogP contribution >= 0.6 is 0 Å². The number of ether oxygens (including phenoxy) is 1. The standard InChI is InChI=1S/C15H33N5O3/c1-23-11-10-19-15(22)13(7-3-5-9-17)20-14(21)12(18)6-2-4-8-16/h12-13H,2-11,16-18H2,1H3,(H,19,22)(H,20,21)/t12-,13-/m0/s1. The van der Waals surface area contributed by atoms with Crippen LogP contribution in [0.15, 0.2) is 0 Å². The second kappa shape index (κ2) is 14.4. The molecule has 0 saturated heterocycles. The molecule has 0 aromatic heterocycles. The smallest absolute Gasteiger partial charge is 0.242 e. The molecule has 23 heavy (non-hydrogen) atoms. The Hall–Kier alpha value is -1.22. The third-order valence-electron chi connectivity index (χ3n) is 3.49. The van der Waals surface area contributed by atoms with Gasteiger partial charge in [0.25, 0.3) is 0 Å². The molecule has 0 saturated carbocycles. The second-order valence-electron chi connectivity index (χ2n) is 5.52. The van der Waals surface area contributed by atoms with Gasteiger partial charge in [0.05, 0.1) is 12.6 Å². The Bertz CT molecular complexity index is 328. The van der Waals surface area contributed by atoms with Crippen LogP contribution in [0.3, 0.4) is 0 Å². The SMILES string of the molecule is COCCNC(=O)[C@H](CCCCN)NC(=O)[C@@H](N)CCCCN. The van der Waals surface area contributed by atoms with Gasteiger partial charge >= 0.3 is 0 Å². The van der Waals surface area contributed by atoms with Crippen LogP contribution in [0.5, 0.6) is 0 Å². The number of rotatable bonds is 14. The zero-order valence-electron chi connectivity index (χ0n) is 14.2. The highest BCUT2D eigenvalue weighted by molar-refractivity contribution is 5.89. The van der Waals surface area contributed by atoms with Crippen molar-refractivity contribution in [3.8, 4) is 0 Å². The average Bonchev–Trinajstić information content (AvgIpc) is 2.54. The van der Waals surface area contributed by atoms with Gasteiger partial charge < -0.3 is 32.6 Å². The summed E-state index contributed by atoms with van der Waals surface area (Å²) in [4.78, 5) is 24.3. The minimum atomic E-state index is -0.620. The van der Waals surface area contributed by atoms with Crippen LogP contribution in [0.1, 0.15) is 38.5 Å². The van der Waals surface area contributed by atoms with Crippen molar-refractivity contribution in [3.63, 3.8) is 0 Å². The molecule has 0 aliphatic carbocycles. The van der Waals surface area contributed by atoms with E-state index in [1.807, 2.05) is 0 Å². The zero-order valence-corrected chi connectivity index (χ0v) is 14.2. The van der Waals surface area contributed by atoms with Gasteiger partial charge in [0, 0.05) is 13.7 Å². The van der Waals surface area contributed by atoms with Gasteiger partial charge in [-0.15, -0.1) is 0 Å². The molecule has 8 heteroatoms. The first-order valence-electron chi connectivity index (χ1n) is 8.29. The highest BCUT2D eigenvalue weighted by Gasteiger charge is 2.22. The minimum Gasteiger partial charge on any atom is -0.383 e. The van der Waals surface area contributed by atoms with Crippen LogP contribution in [0.25, 0.3) is 0 Å². The fourth-order valence-corrected chi connectivity index (χ4v) is 2.08. The molecule has 2 atom stereocenters. The quantitative estimate of drug-likeness (QED) is 0.253. The van der Waals surface area contributed by atoms with Gasteiger partial charge in [-0.25, -0.2) is 0 Å². The van der Waals surface area contributed by atoms with Gasteiger partial charge in [-0.05, 0) is 45.2 Å². The summed E-state index contributed by atoms with van der Waals surface area (Å²) < 4.78 is 4.90. The van der Waals surface area contributed by atoms with Gasteiger partial charge in [0.2, 0.25) is 11.8 Å². The Balaban J connectivity index is 4.41. The van der Waals surface area contributed by atoms with Gasteiger partial charge in [-0.1, -0.05) is 6.42 Å². The summed E-state index contributed by atoms with van der Waals surface area (Å²) in [5.41, 5.74) is 16.8. The molecule has 0 rings (SSSR count). The van der Waals surface area contributed by atoms with E-state index in [2.05, 4.69) is 10.6 Å². The summed E-state index contributed by atoms with van der Waals surface area (Å²) in [6, 6.07) is -1.21. The van der Waals surface area contributed by atoms with Gasteiger partial charge in [-0.2, -0.15) is 0 Å².